The molecular weight excluding hydrogens is 849 g/mol. The molecule has 3 nitrogen and oxygen atoms in total. The Bertz CT molecular complexity index is 4090. The van der Waals surface area contributed by atoms with Gasteiger partial charge in [-0.25, -0.2) is 0 Å². The largest absolute Gasteiger partial charge is 0.455 e. The predicted octanol–water partition coefficient (Wildman–Crippen LogP) is 18.2. The van der Waals surface area contributed by atoms with Gasteiger partial charge < -0.3 is 14.2 Å². The van der Waals surface area contributed by atoms with Crippen LogP contribution >= 0.6 is 0 Å². The van der Waals surface area contributed by atoms with Gasteiger partial charge in [0.05, 0.1) is 16.8 Å². The third kappa shape index (κ3) is 5.34. The molecule has 0 bridgehead atoms. The highest BCUT2D eigenvalue weighted by atomic mass is 16.3. The molecule has 15 rings (SSSR count). The van der Waals surface area contributed by atoms with E-state index in [2.05, 4.69) is 265 Å². The second-order valence-corrected chi connectivity index (χ2v) is 18.7. The summed E-state index contributed by atoms with van der Waals surface area (Å²) in [5.74, 6) is 0. The maximum Gasteiger partial charge on any atom is 0.143 e. The van der Waals surface area contributed by atoms with Crippen LogP contribution in [0.15, 0.2) is 259 Å². The topological polar surface area (TPSA) is 19.6 Å². The molecule has 0 radical (unpaired) electrons. The summed E-state index contributed by atoms with van der Waals surface area (Å²) in [6.07, 6.45) is 0. The standard InChI is InChI=1S/C67H42N2O/c1-3-19-43(20-4-1)68(45-35-37-49-51-26-11-16-32-62(51)69(44-21-5-2-6-22-44)63-33-17-12-27-52(63)56(49)41-45)46-36-39-60-57(42-46)48-24-8-7-23-47(48)50-25-9-14-30-58(50)67(60)59-31-15-10-29-55(59)65-61(67)40-38-54-53-28-13-18-34-64(53)70-66(54)65/h1-42H. The van der Waals surface area contributed by atoms with Crippen molar-refractivity contribution >= 4 is 56.1 Å². The van der Waals surface area contributed by atoms with Crippen LogP contribution in [0, 0.1) is 0 Å². The fraction of sp³-hybridized carbons (Fsp3) is 0.0149. The fourth-order valence-electron chi connectivity index (χ4n) is 12.4. The molecule has 326 valence electrons. The average molecular weight is 891 g/mol. The summed E-state index contributed by atoms with van der Waals surface area (Å²) in [6, 6.07) is 93.8. The minimum atomic E-state index is -0.661. The molecule has 70 heavy (non-hydrogen) atoms. The highest BCUT2D eigenvalue weighted by Gasteiger charge is 2.51. The van der Waals surface area contributed by atoms with Crippen molar-refractivity contribution in [2.75, 3.05) is 9.80 Å². The van der Waals surface area contributed by atoms with Gasteiger partial charge in [-0.3, -0.25) is 0 Å². The lowest BCUT2D eigenvalue weighted by Gasteiger charge is -2.36. The zero-order chi connectivity index (χ0) is 45.9. The first-order chi connectivity index (χ1) is 34.8. The van der Waals surface area contributed by atoms with Crippen molar-refractivity contribution in [2.24, 2.45) is 0 Å². The summed E-state index contributed by atoms with van der Waals surface area (Å²) in [7, 11) is 0. The first kappa shape index (κ1) is 38.9. The summed E-state index contributed by atoms with van der Waals surface area (Å²) in [5.41, 5.74) is 24.9. The number of para-hydroxylation sites is 5. The van der Waals surface area contributed by atoms with Crippen LogP contribution in [-0.4, -0.2) is 0 Å². The summed E-state index contributed by atoms with van der Waals surface area (Å²) in [6.45, 7) is 0. The van der Waals surface area contributed by atoms with E-state index in [9.17, 15) is 0 Å². The van der Waals surface area contributed by atoms with Gasteiger partial charge in [-0.15, -0.1) is 0 Å². The lowest BCUT2D eigenvalue weighted by molar-refractivity contribution is 0.669. The summed E-state index contributed by atoms with van der Waals surface area (Å²) >= 11 is 0. The molecule has 3 heteroatoms. The van der Waals surface area contributed by atoms with E-state index in [1.807, 2.05) is 0 Å². The lowest BCUT2D eigenvalue weighted by Crippen LogP contribution is -2.29. The molecule has 3 aliphatic rings. The summed E-state index contributed by atoms with van der Waals surface area (Å²) in [5, 5.41) is 2.28. The fourth-order valence-corrected chi connectivity index (χ4v) is 12.4. The molecule has 0 N–H and O–H groups in total. The van der Waals surface area contributed by atoms with Gasteiger partial charge in [0.2, 0.25) is 0 Å². The van der Waals surface area contributed by atoms with Gasteiger partial charge in [0.25, 0.3) is 0 Å². The van der Waals surface area contributed by atoms with Crippen molar-refractivity contribution in [3.8, 4) is 55.6 Å². The third-order valence-electron chi connectivity index (χ3n) is 15.2. The highest BCUT2D eigenvalue weighted by molar-refractivity contribution is 6.13. The number of hydrogen-bond acceptors (Lipinski definition) is 3. The number of hydrogen-bond donors (Lipinski definition) is 0. The van der Waals surface area contributed by atoms with Crippen LogP contribution in [-0.2, 0) is 5.41 Å². The average Bonchev–Trinajstić information content (AvgIpc) is 3.89. The predicted molar refractivity (Wildman–Crippen MR) is 289 cm³/mol. The molecule has 11 aromatic carbocycles. The zero-order valence-corrected chi connectivity index (χ0v) is 38.1. The number of fused-ring (bicyclic) bond motifs is 21. The second-order valence-electron chi connectivity index (χ2n) is 18.7. The Balaban J connectivity index is 0.998. The van der Waals surface area contributed by atoms with Crippen LogP contribution in [0.5, 0.6) is 0 Å². The van der Waals surface area contributed by atoms with Crippen LogP contribution in [0.3, 0.4) is 0 Å². The molecule has 0 saturated heterocycles. The van der Waals surface area contributed by atoms with E-state index in [1.165, 1.54) is 77.9 Å². The third-order valence-corrected chi connectivity index (χ3v) is 15.2. The number of anilines is 6. The van der Waals surface area contributed by atoms with E-state index in [1.54, 1.807) is 0 Å². The Morgan fingerprint density at radius 3 is 1.56 bits per heavy atom. The summed E-state index contributed by atoms with van der Waals surface area (Å²) in [4.78, 5) is 4.85. The van der Waals surface area contributed by atoms with E-state index in [0.717, 1.165) is 56.1 Å². The van der Waals surface area contributed by atoms with Gasteiger partial charge in [-0.2, -0.15) is 0 Å². The van der Waals surface area contributed by atoms with Crippen molar-refractivity contribution in [3.63, 3.8) is 0 Å². The van der Waals surface area contributed by atoms with E-state index < -0.39 is 5.41 Å². The maximum atomic E-state index is 6.91. The Hall–Kier alpha value is -9.18. The van der Waals surface area contributed by atoms with Gasteiger partial charge in [0.15, 0.2) is 0 Å². The van der Waals surface area contributed by atoms with Gasteiger partial charge in [-0.05, 0) is 128 Å². The van der Waals surface area contributed by atoms with Crippen molar-refractivity contribution in [1.29, 1.82) is 0 Å². The Labute approximate surface area is 406 Å². The first-order valence-corrected chi connectivity index (χ1v) is 24.2. The normalized spacial score (nSPS) is 14.6. The molecule has 12 aromatic rings. The Morgan fingerprint density at radius 1 is 0.314 bits per heavy atom. The molecule has 1 spiro atoms. The molecule has 0 saturated carbocycles. The molecular formula is C67H42N2O. The molecule has 1 aliphatic heterocycles. The van der Waals surface area contributed by atoms with Gasteiger partial charge in [0, 0.05) is 50.2 Å². The second kappa shape index (κ2) is 14.9. The van der Waals surface area contributed by atoms with Crippen LogP contribution in [0.25, 0.3) is 77.6 Å². The van der Waals surface area contributed by atoms with Gasteiger partial charge in [-0.1, -0.05) is 188 Å². The van der Waals surface area contributed by atoms with Crippen LogP contribution in [0.1, 0.15) is 22.3 Å². The van der Waals surface area contributed by atoms with Crippen LogP contribution in [0.2, 0.25) is 0 Å². The quantitative estimate of drug-likeness (QED) is 0.176. The van der Waals surface area contributed by atoms with Crippen molar-refractivity contribution in [3.05, 3.63) is 277 Å². The lowest BCUT2D eigenvalue weighted by atomic mass is 9.66. The number of nitrogens with zero attached hydrogens (tertiary/aromatic N) is 2. The molecule has 1 aromatic heterocycles. The molecule has 1 atom stereocenters. The number of rotatable bonds is 4. The summed E-state index contributed by atoms with van der Waals surface area (Å²) < 4.78 is 6.91. The Kier molecular flexibility index (Phi) is 8.28. The van der Waals surface area contributed by atoms with Crippen molar-refractivity contribution in [1.82, 2.24) is 0 Å². The van der Waals surface area contributed by atoms with E-state index >= 15 is 0 Å². The van der Waals surface area contributed by atoms with Crippen molar-refractivity contribution < 1.29 is 4.42 Å². The molecule has 2 aliphatic carbocycles. The first-order valence-electron chi connectivity index (χ1n) is 24.2. The van der Waals surface area contributed by atoms with Crippen LogP contribution < -0.4 is 9.80 Å². The number of benzene rings is 11. The monoisotopic (exact) mass is 890 g/mol. The molecule has 1 unspecified atom stereocenters. The molecule has 0 amide bonds. The van der Waals surface area contributed by atoms with Gasteiger partial charge >= 0.3 is 0 Å². The van der Waals surface area contributed by atoms with Gasteiger partial charge in [0.1, 0.15) is 11.2 Å². The smallest absolute Gasteiger partial charge is 0.143 e. The molecule has 2 heterocycles. The van der Waals surface area contributed by atoms with Crippen LogP contribution in [0.4, 0.5) is 34.1 Å². The van der Waals surface area contributed by atoms with Crippen molar-refractivity contribution in [2.45, 2.75) is 5.41 Å². The minimum Gasteiger partial charge on any atom is -0.455 e. The zero-order valence-electron chi connectivity index (χ0n) is 38.1. The van der Waals surface area contributed by atoms with E-state index in [0.29, 0.717) is 0 Å². The van der Waals surface area contributed by atoms with E-state index in [4.69, 9.17) is 4.42 Å². The SMILES string of the molecule is c1ccc(N(c2ccc3c(c2)-c2ccccc2N(c2ccccc2)c2ccccc2-3)c2ccc3c(c2)-c2ccccc2-c2ccccc2C32c3ccccc3-c3c2ccc2c3oc3ccccc32)cc1. The molecule has 0 fully saturated rings. The highest BCUT2D eigenvalue weighted by Crippen LogP contribution is 2.63. The Morgan fingerprint density at radius 2 is 0.814 bits per heavy atom. The number of furan rings is 1. The minimum absolute atomic E-state index is 0.661. The maximum absolute atomic E-state index is 6.91. The van der Waals surface area contributed by atoms with E-state index in [-0.39, 0.29) is 0 Å².